The van der Waals surface area contributed by atoms with Crippen LogP contribution in [0.5, 0.6) is 0 Å². The summed E-state index contributed by atoms with van der Waals surface area (Å²) < 4.78 is 0. The number of amides is 1. The zero-order valence-electron chi connectivity index (χ0n) is 13.0. The molecule has 3 rings (SSSR count). The molecule has 0 bridgehead atoms. The van der Waals surface area contributed by atoms with E-state index in [1.54, 1.807) is 11.3 Å². The molecule has 0 fully saturated rings. The molecule has 2 aromatic carbocycles. The average Bonchev–Trinajstić information content (AvgIpc) is 3.06. The normalized spacial score (nSPS) is 10.5. The van der Waals surface area contributed by atoms with Gasteiger partial charge < -0.3 is 5.32 Å². The van der Waals surface area contributed by atoms with Gasteiger partial charge >= 0.3 is 0 Å². The fraction of sp³-hybridized carbons (Fsp3) is 0.158. The van der Waals surface area contributed by atoms with Gasteiger partial charge in [0.2, 0.25) is 5.91 Å². The Morgan fingerprint density at radius 3 is 2.65 bits per heavy atom. The van der Waals surface area contributed by atoms with E-state index in [1.165, 1.54) is 0 Å². The van der Waals surface area contributed by atoms with Crippen LogP contribution in [0.1, 0.15) is 19.8 Å². The van der Waals surface area contributed by atoms with Crippen LogP contribution in [0.4, 0.5) is 5.69 Å². The fourth-order valence-corrected chi connectivity index (χ4v) is 3.16. The van der Waals surface area contributed by atoms with Crippen molar-refractivity contribution in [2.45, 2.75) is 19.8 Å². The molecule has 1 heterocycles. The molecule has 0 unspecified atom stereocenters. The Morgan fingerprint density at radius 2 is 1.87 bits per heavy atom. The van der Waals surface area contributed by atoms with Gasteiger partial charge in [-0.05, 0) is 18.6 Å². The van der Waals surface area contributed by atoms with Gasteiger partial charge in [-0.1, -0.05) is 49.4 Å². The van der Waals surface area contributed by atoms with Crippen molar-refractivity contribution in [2.75, 3.05) is 5.32 Å². The molecule has 0 aliphatic carbocycles. The molecular weight excluding hydrogens is 304 g/mol. The van der Waals surface area contributed by atoms with Gasteiger partial charge in [0.05, 0.1) is 5.69 Å². The number of rotatable bonds is 5. The second kappa shape index (κ2) is 7.20. The Labute approximate surface area is 140 Å². The second-order valence-electron chi connectivity index (χ2n) is 5.28. The van der Waals surface area contributed by atoms with Crippen molar-refractivity contribution in [1.82, 2.24) is 4.98 Å². The van der Waals surface area contributed by atoms with Crippen LogP contribution in [0, 0.1) is 0 Å². The summed E-state index contributed by atoms with van der Waals surface area (Å²) in [5.74, 6) is 0.0490. The molecule has 0 atom stereocenters. The SMILES string of the molecule is CCCC(=O)Nc1cccc(-c2csc(-c3ccccc3)n2)c1. The van der Waals surface area contributed by atoms with E-state index in [9.17, 15) is 4.79 Å². The summed E-state index contributed by atoms with van der Waals surface area (Å²) in [6.07, 6.45) is 1.39. The predicted octanol–water partition coefficient (Wildman–Crippen LogP) is 5.22. The molecule has 0 saturated carbocycles. The van der Waals surface area contributed by atoms with Crippen molar-refractivity contribution in [1.29, 1.82) is 0 Å². The first-order chi connectivity index (χ1) is 11.3. The largest absolute Gasteiger partial charge is 0.326 e. The molecule has 3 aromatic rings. The quantitative estimate of drug-likeness (QED) is 0.700. The lowest BCUT2D eigenvalue weighted by Crippen LogP contribution is -2.10. The van der Waals surface area contributed by atoms with E-state index in [2.05, 4.69) is 22.8 Å². The van der Waals surface area contributed by atoms with E-state index in [0.717, 1.165) is 33.9 Å². The molecular formula is C19H18N2OS. The van der Waals surface area contributed by atoms with Gasteiger partial charge in [0.25, 0.3) is 0 Å². The van der Waals surface area contributed by atoms with Gasteiger partial charge in [-0.2, -0.15) is 0 Å². The molecule has 116 valence electrons. The summed E-state index contributed by atoms with van der Waals surface area (Å²) in [6, 6.07) is 18.0. The average molecular weight is 322 g/mol. The number of hydrogen-bond donors (Lipinski definition) is 1. The molecule has 1 N–H and O–H groups in total. The number of nitrogens with zero attached hydrogens (tertiary/aromatic N) is 1. The third kappa shape index (κ3) is 3.85. The molecule has 3 nitrogen and oxygen atoms in total. The Morgan fingerprint density at radius 1 is 1.09 bits per heavy atom. The van der Waals surface area contributed by atoms with Crippen LogP contribution in [0.15, 0.2) is 60.0 Å². The molecule has 1 amide bonds. The van der Waals surface area contributed by atoms with Crippen LogP contribution in [-0.2, 0) is 4.79 Å². The number of anilines is 1. The summed E-state index contributed by atoms with van der Waals surface area (Å²) in [5.41, 5.74) is 3.88. The van der Waals surface area contributed by atoms with Gasteiger partial charge in [0.15, 0.2) is 0 Å². The Hall–Kier alpha value is -2.46. The Balaban J connectivity index is 1.82. The lowest BCUT2D eigenvalue weighted by molar-refractivity contribution is -0.116. The molecule has 0 spiro atoms. The first-order valence-corrected chi connectivity index (χ1v) is 8.55. The van der Waals surface area contributed by atoms with Gasteiger partial charge in [-0.15, -0.1) is 11.3 Å². The number of thiazole rings is 1. The van der Waals surface area contributed by atoms with E-state index in [-0.39, 0.29) is 5.91 Å². The van der Waals surface area contributed by atoms with Gasteiger partial charge in [-0.25, -0.2) is 4.98 Å². The number of benzene rings is 2. The van der Waals surface area contributed by atoms with Crippen molar-refractivity contribution in [3.8, 4) is 21.8 Å². The molecule has 4 heteroatoms. The summed E-state index contributed by atoms with van der Waals surface area (Å²) in [5, 5.41) is 5.98. The van der Waals surface area contributed by atoms with Gasteiger partial charge in [-0.3, -0.25) is 4.79 Å². The molecule has 0 saturated heterocycles. The first-order valence-electron chi connectivity index (χ1n) is 7.67. The summed E-state index contributed by atoms with van der Waals surface area (Å²) >= 11 is 1.63. The predicted molar refractivity (Wildman–Crippen MR) is 96.5 cm³/mol. The van der Waals surface area contributed by atoms with Crippen LogP contribution >= 0.6 is 11.3 Å². The first kappa shape index (κ1) is 15.4. The van der Waals surface area contributed by atoms with E-state index in [4.69, 9.17) is 4.98 Å². The standard InChI is InChI=1S/C19H18N2OS/c1-2-7-18(22)20-16-11-6-10-15(12-16)17-13-23-19(21-17)14-8-4-3-5-9-14/h3-6,8-13H,2,7H2,1H3,(H,20,22). The van der Waals surface area contributed by atoms with Gasteiger partial charge in [0, 0.05) is 28.6 Å². The van der Waals surface area contributed by atoms with Crippen molar-refractivity contribution in [2.24, 2.45) is 0 Å². The summed E-state index contributed by atoms with van der Waals surface area (Å²) in [7, 11) is 0. The third-order valence-electron chi connectivity index (χ3n) is 3.44. The highest BCUT2D eigenvalue weighted by Gasteiger charge is 2.08. The monoisotopic (exact) mass is 322 g/mol. The maximum Gasteiger partial charge on any atom is 0.224 e. The molecule has 0 aliphatic rings. The van der Waals surface area contributed by atoms with Crippen LogP contribution < -0.4 is 5.32 Å². The highest BCUT2D eigenvalue weighted by Crippen LogP contribution is 2.29. The third-order valence-corrected chi connectivity index (χ3v) is 4.34. The lowest BCUT2D eigenvalue weighted by Gasteiger charge is -2.05. The second-order valence-corrected chi connectivity index (χ2v) is 6.14. The van der Waals surface area contributed by atoms with E-state index in [1.807, 2.05) is 49.4 Å². The number of hydrogen-bond acceptors (Lipinski definition) is 3. The minimum absolute atomic E-state index is 0.0490. The summed E-state index contributed by atoms with van der Waals surface area (Å²) in [4.78, 5) is 16.4. The van der Waals surface area contributed by atoms with E-state index < -0.39 is 0 Å². The number of aromatic nitrogens is 1. The topological polar surface area (TPSA) is 42.0 Å². The Bertz CT molecular complexity index is 796. The van der Waals surface area contributed by atoms with Crippen molar-refractivity contribution >= 4 is 22.9 Å². The van der Waals surface area contributed by atoms with Crippen LogP contribution in [0.3, 0.4) is 0 Å². The maximum atomic E-state index is 11.7. The smallest absolute Gasteiger partial charge is 0.224 e. The molecule has 1 aromatic heterocycles. The van der Waals surface area contributed by atoms with E-state index >= 15 is 0 Å². The molecule has 23 heavy (non-hydrogen) atoms. The maximum absolute atomic E-state index is 11.7. The fourth-order valence-electron chi connectivity index (χ4n) is 2.33. The van der Waals surface area contributed by atoms with Gasteiger partial charge in [0.1, 0.15) is 5.01 Å². The number of carbonyl (C=O) groups is 1. The minimum Gasteiger partial charge on any atom is -0.326 e. The zero-order chi connectivity index (χ0) is 16.1. The van der Waals surface area contributed by atoms with Crippen LogP contribution in [-0.4, -0.2) is 10.9 Å². The van der Waals surface area contributed by atoms with Crippen LogP contribution in [0.2, 0.25) is 0 Å². The molecule has 0 radical (unpaired) electrons. The van der Waals surface area contributed by atoms with Crippen LogP contribution in [0.25, 0.3) is 21.8 Å². The lowest BCUT2D eigenvalue weighted by atomic mass is 10.1. The highest BCUT2D eigenvalue weighted by molar-refractivity contribution is 7.13. The van der Waals surface area contributed by atoms with Crippen molar-refractivity contribution in [3.05, 3.63) is 60.0 Å². The highest BCUT2D eigenvalue weighted by atomic mass is 32.1. The number of carbonyl (C=O) groups excluding carboxylic acids is 1. The van der Waals surface area contributed by atoms with Crippen molar-refractivity contribution in [3.63, 3.8) is 0 Å². The van der Waals surface area contributed by atoms with Crippen molar-refractivity contribution < 1.29 is 4.79 Å². The zero-order valence-corrected chi connectivity index (χ0v) is 13.8. The minimum atomic E-state index is 0.0490. The number of nitrogens with one attached hydrogen (secondary N) is 1. The Kier molecular flexibility index (Phi) is 4.83. The molecule has 0 aliphatic heterocycles. The van der Waals surface area contributed by atoms with E-state index in [0.29, 0.717) is 6.42 Å². The summed E-state index contributed by atoms with van der Waals surface area (Å²) in [6.45, 7) is 2.00.